The molecule has 0 N–H and O–H groups in total. The molecule has 0 aliphatic heterocycles. The van der Waals surface area contributed by atoms with Gasteiger partial charge in [0.2, 0.25) is 0 Å². The molecule has 0 aliphatic carbocycles. The van der Waals surface area contributed by atoms with Crippen LogP contribution in [0.15, 0.2) is 146 Å². The summed E-state index contributed by atoms with van der Waals surface area (Å²) in [6.45, 7) is 0. The molecule has 0 amide bonds. The molecule has 0 spiro atoms. The summed E-state index contributed by atoms with van der Waals surface area (Å²) in [5.74, 6) is 0. The van der Waals surface area contributed by atoms with Gasteiger partial charge in [0.15, 0.2) is 0 Å². The summed E-state index contributed by atoms with van der Waals surface area (Å²) in [5, 5.41) is 3.97. The number of rotatable bonds is 4. The van der Waals surface area contributed by atoms with E-state index >= 15 is 0 Å². The molecule has 0 aliphatic rings. The molecule has 2 nitrogen and oxygen atoms in total. The van der Waals surface area contributed by atoms with Gasteiger partial charge in [0, 0.05) is 37.7 Å². The summed E-state index contributed by atoms with van der Waals surface area (Å²) in [5.41, 5.74) is 8.92. The van der Waals surface area contributed by atoms with E-state index in [1.165, 1.54) is 42.5 Å². The second kappa shape index (κ2) is 9.33. The van der Waals surface area contributed by atoms with Gasteiger partial charge >= 0.3 is 0 Å². The van der Waals surface area contributed by atoms with Crippen LogP contribution in [0.1, 0.15) is 0 Å². The average Bonchev–Trinajstić information content (AvgIpc) is 3.56. The van der Waals surface area contributed by atoms with Crippen molar-refractivity contribution in [1.82, 2.24) is 9.55 Å². The Morgan fingerprint density at radius 2 is 1.05 bits per heavy atom. The van der Waals surface area contributed by atoms with Gasteiger partial charge in [0.1, 0.15) is 4.83 Å². The Hall–Kier alpha value is -4.99. The molecule has 0 unspecified atom stereocenters. The van der Waals surface area contributed by atoms with Crippen molar-refractivity contribution in [3.05, 3.63) is 146 Å². The number of thiophene rings is 1. The van der Waals surface area contributed by atoms with Gasteiger partial charge in [0.25, 0.3) is 0 Å². The molecule has 5 aromatic carbocycles. The zero-order valence-corrected chi connectivity index (χ0v) is 22.5. The minimum atomic E-state index is 0.976. The van der Waals surface area contributed by atoms with E-state index in [1.54, 1.807) is 0 Å². The summed E-state index contributed by atoms with van der Waals surface area (Å²) < 4.78 is 3.73. The van der Waals surface area contributed by atoms with E-state index in [-0.39, 0.29) is 0 Å². The molecule has 0 radical (unpaired) electrons. The Labute approximate surface area is 236 Å². The first-order valence-electron chi connectivity index (χ1n) is 13.5. The maximum absolute atomic E-state index is 5.04. The number of pyridine rings is 1. The van der Waals surface area contributed by atoms with E-state index in [0.717, 1.165) is 28.1 Å². The number of hydrogen-bond acceptors (Lipinski definition) is 2. The van der Waals surface area contributed by atoms with Gasteiger partial charge < -0.3 is 4.57 Å². The Morgan fingerprint density at radius 3 is 1.73 bits per heavy atom. The molecule has 0 fully saturated rings. The van der Waals surface area contributed by atoms with Gasteiger partial charge in [-0.25, -0.2) is 4.98 Å². The van der Waals surface area contributed by atoms with E-state index in [4.69, 9.17) is 4.98 Å². The van der Waals surface area contributed by atoms with E-state index in [2.05, 4.69) is 138 Å². The molecule has 40 heavy (non-hydrogen) atoms. The average molecular weight is 529 g/mol. The quantitative estimate of drug-likeness (QED) is 0.222. The maximum Gasteiger partial charge on any atom is 0.109 e. The fourth-order valence-electron chi connectivity index (χ4n) is 5.71. The lowest BCUT2D eigenvalue weighted by Gasteiger charge is -2.12. The van der Waals surface area contributed by atoms with Crippen LogP contribution in [-0.2, 0) is 0 Å². The molecule has 0 atom stereocenters. The molecule has 0 saturated carbocycles. The third-order valence-corrected chi connectivity index (χ3v) is 8.77. The normalized spacial score (nSPS) is 11.5. The summed E-state index contributed by atoms with van der Waals surface area (Å²) in [7, 11) is 0. The molecular weight excluding hydrogens is 504 g/mol. The standard InChI is InChI=1S/C37H24N2S/c1-3-11-26(12-4-1)32-23-28(24-33(38-32)27-13-5-2-6-14-27)25-19-21-29(22-20-25)39-34-17-9-7-15-30(34)36-31-16-8-10-18-35(31)40-37(36)39/h1-24H. The minimum absolute atomic E-state index is 0.976. The second-order valence-electron chi connectivity index (χ2n) is 10.0. The van der Waals surface area contributed by atoms with Crippen molar-refractivity contribution in [2.24, 2.45) is 0 Å². The lowest BCUT2D eigenvalue weighted by molar-refractivity contribution is 1.19. The zero-order valence-electron chi connectivity index (χ0n) is 21.7. The van der Waals surface area contributed by atoms with Gasteiger partial charge in [-0.1, -0.05) is 109 Å². The van der Waals surface area contributed by atoms with Crippen LogP contribution < -0.4 is 0 Å². The highest BCUT2D eigenvalue weighted by atomic mass is 32.1. The molecule has 8 aromatic rings. The Morgan fingerprint density at radius 1 is 0.475 bits per heavy atom. The number of fused-ring (bicyclic) bond motifs is 5. The summed E-state index contributed by atoms with van der Waals surface area (Å²) in [6, 6.07) is 51.7. The highest BCUT2D eigenvalue weighted by Gasteiger charge is 2.17. The summed E-state index contributed by atoms with van der Waals surface area (Å²) in [6.07, 6.45) is 0. The van der Waals surface area contributed by atoms with Crippen molar-refractivity contribution in [3.8, 4) is 39.3 Å². The molecule has 0 saturated heterocycles. The Balaban J connectivity index is 1.28. The topological polar surface area (TPSA) is 17.8 Å². The van der Waals surface area contributed by atoms with Crippen molar-refractivity contribution in [3.63, 3.8) is 0 Å². The van der Waals surface area contributed by atoms with E-state index in [0.29, 0.717) is 0 Å². The van der Waals surface area contributed by atoms with Crippen molar-refractivity contribution < 1.29 is 0 Å². The molecule has 3 aromatic heterocycles. The largest absolute Gasteiger partial charge is 0.301 e. The van der Waals surface area contributed by atoms with Crippen molar-refractivity contribution in [1.29, 1.82) is 0 Å². The lowest BCUT2D eigenvalue weighted by Crippen LogP contribution is -1.93. The van der Waals surface area contributed by atoms with Gasteiger partial charge in [-0.3, -0.25) is 0 Å². The highest BCUT2D eigenvalue weighted by molar-refractivity contribution is 7.25. The third-order valence-electron chi connectivity index (χ3n) is 7.62. The molecule has 8 rings (SSSR count). The summed E-state index contributed by atoms with van der Waals surface area (Å²) >= 11 is 1.86. The zero-order chi connectivity index (χ0) is 26.5. The van der Waals surface area contributed by atoms with Crippen LogP contribution in [0.3, 0.4) is 0 Å². The van der Waals surface area contributed by atoms with Crippen LogP contribution in [0.4, 0.5) is 0 Å². The predicted octanol–water partition coefficient (Wildman–Crippen LogP) is 10.4. The van der Waals surface area contributed by atoms with E-state index in [9.17, 15) is 0 Å². The smallest absolute Gasteiger partial charge is 0.109 e. The number of para-hydroxylation sites is 1. The third kappa shape index (κ3) is 3.75. The van der Waals surface area contributed by atoms with Crippen LogP contribution >= 0.6 is 11.3 Å². The first kappa shape index (κ1) is 22.9. The SMILES string of the molecule is c1ccc(-c2cc(-c3ccc(-n4c5ccccc5c5c6ccccc6sc54)cc3)cc(-c3ccccc3)n2)cc1. The van der Waals surface area contributed by atoms with Crippen LogP contribution in [0.2, 0.25) is 0 Å². The van der Waals surface area contributed by atoms with Crippen molar-refractivity contribution >= 4 is 42.5 Å². The van der Waals surface area contributed by atoms with Gasteiger partial charge in [-0.15, -0.1) is 11.3 Å². The number of nitrogens with zero attached hydrogens (tertiary/aromatic N) is 2. The van der Waals surface area contributed by atoms with Gasteiger partial charge in [0.05, 0.1) is 16.9 Å². The van der Waals surface area contributed by atoms with Crippen LogP contribution in [0.5, 0.6) is 0 Å². The number of hydrogen-bond donors (Lipinski definition) is 0. The molecule has 0 bridgehead atoms. The maximum atomic E-state index is 5.04. The van der Waals surface area contributed by atoms with Crippen LogP contribution in [-0.4, -0.2) is 9.55 Å². The van der Waals surface area contributed by atoms with E-state index in [1.807, 2.05) is 23.5 Å². The van der Waals surface area contributed by atoms with Crippen LogP contribution in [0.25, 0.3) is 70.5 Å². The van der Waals surface area contributed by atoms with Crippen molar-refractivity contribution in [2.75, 3.05) is 0 Å². The van der Waals surface area contributed by atoms with Crippen molar-refractivity contribution in [2.45, 2.75) is 0 Å². The Bertz CT molecular complexity index is 2080. The minimum Gasteiger partial charge on any atom is -0.301 e. The van der Waals surface area contributed by atoms with Gasteiger partial charge in [-0.05, 0) is 47.5 Å². The molecule has 3 heteroatoms. The fourth-order valence-corrected chi connectivity index (χ4v) is 6.96. The number of benzene rings is 5. The fraction of sp³-hybridized carbons (Fsp3) is 0. The monoisotopic (exact) mass is 528 g/mol. The molecule has 3 heterocycles. The predicted molar refractivity (Wildman–Crippen MR) is 170 cm³/mol. The molecule has 188 valence electrons. The first-order chi connectivity index (χ1) is 19.8. The molecular formula is C37H24N2S. The lowest BCUT2D eigenvalue weighted by atomic mass is 10.00. The Kier molecular flexibility index (Phi) is 5.35. The first-order valence-corrected chi connectivity index (χ1v) is 14.3. The highest BCUT2D eigenvalue weighted by Crippen LogP contribution is 2.42. The van der Waals surface area contributed by atoms with E-state index < -0.39 is 0 Å². The van der Waals surface area contributed by atoms with Gasteiger partial charge in [-0.2, -0.15) is 0 Å². The van der Waals surface area contributed by atoms with Crippen LogP contribution in [0, 0.1) is 0 Å². The summed E-state index contributed by atoms with van der Waals surface area (Å²) in [4.78, 5) is 6.33. The number of aromatic nitrogens is 2. The second-order valence-corrected chi connectivity index (χ2v) is 11.1.